The van der Waals surface area contributed by atoms with E-state index in [1.807, 2.05) is 0 Å². The predicted octanol–water partition coefficient (Wildman–Crippen LogP) is 4.53. The first kappa shape index (κ1) is 17.8. The van der Waals surface area contributed by atoms with E-state index in [9.17, 15) is 0 Å². The molecule has 3 aromatic rings. The van der Waals surface area contributed by atoms with Gasteiger partial charge in [0.05, 0.1) is 0 Å². The van der Waals surface area contributed by atoms with E-state index in [1.54, 1.807) is 5.20 Å². The minimum absolute atomic E-state index is 0.543. The Balaban J connectivity index is 2.15. The van der Waals surface area contributed by atoms with Crippen molar-refractivity contribution in [3.63, 3.8) is 0 Å². The van der Waals surface area contributed by atoms with Gasteiger partial charge in [0.1, 0.15) is 0 Å². The first-order valence-electron chi connectivity index (χ1n) is 9.79. The number of allylic oxidation sites excluding steroid dienone is 4. The summed E-state index contributed by atoms with van der Waals surface area (Å²) in [5, 5.41) is 6.06. The van der Waals surface area contributed by atoms with Gasteiger partial charge in [-0.3, -0.25) is 0 Å². The van der Waals surface area contributed by atoms with Crippen molar-refractivity contribution in [2.75, 3.05) is 0 Å². The zero-order valence-electron chi connectivity index (χ0n) is 16.1. The summed E-state index contributed by atoms with van der Waals surface area (Å²) in [7, 11) is -2.32. The zero-order chi connectivity index (χ0) is 18.7. The lowest BCUT2D eigenvalue weighted by molar-refractivity contribution is 0.716. The predicted molar refractivity (Wildman–Crippen MR) is 120 cm³/mol. The van der Waals surface area contributed by atoms with Gasteiger partial charge in [-0.25, -0.2) is 0 Å². The Labute approximate surface area is 163 Å². The van der Waals surface area contributed by atoms with Crippen molar-refractivity contribution < 1.29 is 0 Å². The minimum Gasteiger partial charge on any atom is -0.0840 e. The fourth-order valence-electron chi connectivity index (χ4n) is 4.58. The van der Waals surface area contributed by atoms with E-state index >= 15 is 0 Å². The van der Waals surface area contributed by atoms with Crippen molar-refractivity contribution in [3.8, 4) is 0 Å². The Morgan fingerprint density at radius 2 is 1.30 bits per heavy atom. The molecule has 1 atom stereocenters. The topological polar surface area (TPSA) is 0 Å². The Morgan fingerprint density at radius 1 is 0.741 bits per heavy atom. The van der Waals surface area contributed by atoms with Crippen LogP contribution in [0.2, 0.25) is 0 Å². The van der Waals surface area contributed by atoms with Crippen LogP contribution in [-0.2, 0) is 0 Å². The molecule has 1 aliphatic carbocycles. The first-order chi connectivity index (χ1) is 13.2. The number of benzene rings is 3. The molecule has 0 unspecified atom stereocenters. The van der Waals surface area contributed by atoms with Gasteiger partial charge in [-0.15, -0.1) is 0 Å². The molecule has 0 aliphatic heterocycles. The molecule has 0 nitrogen and oxygen atoms in total. The minimum atomic E-state index is -2.32. The van der Waals surface area contributed by atoms with Crippen LogP contribution in [-0.4, -0.2) is 8.07 Å². The molecule has 0 amide bonds. The highest BCUT2D eigenvalue weighted by molar-refractivity contribution is 7.16. The third-order valence-electron chi connectivity index (χ3n) is 5.83. The molecule has 4 rings (SSSR count). The molecule has 0 radical (unpaired) electrons. The van der Waals surface area contributed by atoms with Crippen molar-refractivity contribution in [2.24, 2.45) is 5.92 Å². The summed E-state index contributed by atoms with van der Waals surface area (Å²) in [4.78, 5) is 0. The third-order valence-corrected chi connectivity index (χ3v) is 11.1. The molecule has 0 spiro atoms. The molecule has 0 saturated carbocycles. The number of rotatable bonds is 4. The summed E-state index contributed by atoms with van der Waals surface area (Å²) in [6, 6.07) is 31.4. The van der Waals surface area contributed by atoms with E-state index in [4.69, 9.17) is 0 Å². The van der Waals surface area contributed by atoms with Crippen molar-refractivity contribution >= 4 is 23.6 Å². The summed E-state index contributed by atoms with van der Waals surface area (Å²) in [5.74, 6) is 0.543. The molecule has 1 heteroatoms. The lowest BCUT2D eigenvalue weighted by atomic mass is 10.0. The van der Waals surface area contributed by atoms with Crippen LogP contribution in [0, 0.1) is 12.8 Å². The Morgan fingerprint density at radius 3 is 1.85 bits per heavy atom. The second-order valence-electron chi connectivity index (χ2n) is 7.48. The normalized spacial score (nSPS) is 16.8. The SMILES string of the molecule is Cc1ccccc1[Si](C1=CC=CC[C@@H]1C)(c1ccccc1)c1ccccc1. The maximum Gasteiger partial charge on any atom is 0.176 e. The van der Waals surface area contributed by atoms with Crippen molar-refractivity contribution in [1.82, 2.24) is 0 Å². The molecule has 27 heavy (non-hydrogen) atoms. The van der Waals surface area contributed by atoms with Crippen LogP contribution in [0.4, 0.5) is 0 Å². The Hall–Kier alpha value is -2.64. The maximum absolute atomic E-state index is 2.41. The highest BCUT2D eigenvalue weighted by atomic mass is 28.3. The van der Waals surface area contributed by atoms with Gasteiger partial charge in [0, 0.05) is 0 Å². The molecule has 0 bridgehead atoms. The van der Waals surface area contributed by atoms with E-state index in [0.717, 1.165) is 6.42 Å². The van der Waals surface area contributed by atoms with Gasteiger partial charge in [0.2, 0.25) is 0 Å². The number of hydrogen-bond acceptors (Lipinski definition) is 0. The molecule has 3 aromatic carbocycles. The average Bonchev–Trinajstić information content (AvgIpc) is 2.73. The monoisotopic (exact) mass is 366 g/mol. The summed E-state index contributed by atoms with van der Waals surface area (Å²) in [6.07, 6.45) is 8.10. The van der Waals surface area contributed by atoms with Gasteiger partial charge in [0.15, 0.2) is 8.07 Å². The van der Waals surface area contributed by atoms with Crippen LogP contribution in [0.1, 0.15) is 18.9 Å². The van der Waals surface area contributed by atoms with Crippen molar-refractivity contribution in [1.29, 1.82) is 0 Å². The van der Waals surface area contributed by atoms with E-state index in [1.165, 1.54) is 21.1 Å². The van der Waals surface area contributed by atoms with E-state index in [2.05, 4.69) is 117 Å². The molecular formula is C26H26Si. The van der Waals surface area contributed by atoms with Gasteiger partial charge < -0.3 is 0 Å². The number of hydrogen-bond donors (Lipinski definition) is 0. The summed E-state index contributed by atoms with van der Waals surface area (Å²) in [5.41, 5.74) is 1.39. The smallest absolute Gasteiger partial charge is 0.0840 e. The quantitative estimate of drug-likeness (QED) is 0.470. The molecule has 0 heterocycles. The van der Waals surface area contributed by atoms with E-state index < -0.39 is 8.07 Å². The van der Waals surface area contributed by atoms with E-state index in [0.29, 0.717) is 5.92 Å². The van der Waals surface area contributed by atoms with Gasteiger partial charge in [-0.1, -0.05) is 121 Å². The molecular weight excluding hydrogens is 340 g/mol. The Bertz CT molecular complexity index is 928. The van der Waals surface area contributed by atoms with Gasteiger partial charge >= 0.3 is 0 Å². The first-order valence-corrected chi connectivity index (χ1v) is 11.8. The van der Waals surface area contributed by atoms with Crippen LogP contribution < -0.4 is 15.6 Å². The largest absolute Gasteiger partial charge is 0.176 e. The zero-order valence-corrected chi connectivity index (χ0v) is 17.1. The lowest BCUT2D eigenvalue weighted by Crippen LogP contribution is -2.70. The third kappa shape index (κ3) is 3.02. The molecule has 0 N–H and O–H groups in total. The van der Waals surface area contributed by atoms with Gasteiger partial charge in [-0.2, -0.15) is 0 Å². The van der Waals surface area contributed by atoms with E-state index in [-0.39, 0.29) is 0 Å². The molecule has 1 aliphatic rings. The molecule has 0 aromatic heterocycles. The highest BCUT2D eigenvalue weighted by Gasteiger charge is 2.45. The van der Waals surface area contributed by atoms with Gasteiger partial charge in [0.25, 0.3) is 0 Å². The molecule has 0 fully saturated rings. The average molecular weight is 367 g/mol. The van der Waals surface area contributed by atoms with Crippen LogP contribution >= 0.6 is 0 Å². The standard InChI is InChI=1S/C26H26Si/c1-21-13-9-11-19-25(21)27(23-15-5-3-6-16-23,24-17-7-4-8-18-24)26-20-12-10-14-22(26)2/h3-13,15-20,22H,14H2,1-2H3/t22-/m0/s1. The summed E-state index contributed by atoms with van der Waals surface area (Å²) in [6.45, 7) is 4.66. The molecule has 134 valence electrons. The fourth-order valence-corrected chi connectivity index (χ4v) is 10.1. The maximum atomic E-state index is 2.41. The van der Waals surface area contributed by atoms with Crippen LogP contribution in [0.15, 0.2) is 108 Å². The van der Waals surface area contributed by atoms with Crippen molar-refractivity contribution in [2.45, 2.75) is 20.3 Å². The number of aryl methyl sites for hydroxylation is 1. The summed E-state index contributed by atoms with van der Waals surface area (Å²) >= 11 is 0. The van der Waals surface area contributed by atoms with Crippen LogP contribution in [0.5, 0.6) is 0 Å². The second kappa shape index (κ2) is 7.54. The lowest BCUT2D eigenvalue weighted by Gasteiger charge is -2.40. The van der Waals surface area contributed by atoms with Crippen LogP contribution in [0.3, 0.4) is 0 Å². The molecule has 0 saturated heterocycles. The van der Waals surface area contributed by atoms with Crippen LogP contribution in [0.25, 0.3) is 0 Å². The second-order valence-corrected chi connectivity index (χ2v) is 11.3. The van der Waals surface area contributed by atoms with Crippen molar-refractivity contribution in [3.05, 3.63) is 114 Å². The Kier molecular flexibility index (Phi) is 4.96. The van der Waals surface area contributed by atoms with Gasteiger partial charge in [-0.05, 0) is 34.8 Å². The summed E-state index contributed by atoms with van der Waals surface area (Å²) < 4.78 is 0. The fraction of sp³-hybridized carbons (Fsp3) is 0.154. The highest BCUT2D eigenvalue weighted by Crippen LogP contribution is 2.29.